The van der Waals surface area contributed by atoms with E-state index in [0.717, 1.165) is 19.3 Å². The fraction of sp³-hybridized carbons (Fsp3) is 0.750. The lowest BCUT2D eigenvalue weighted by Gasteiger charge is -2.30. The maximum absolute atomic E-state index is 11.9. The Kier molecular flexibility index (Phi) is 7.05. The molecule has 3 heteroatoms. The minimum Gasteiger partial charge on any atom is -0.465 e. The summed E-state index contributed by atoms with van der Waals surface area (Å²) in [5.74, 6) is -0.142. The van der Waals surface area contributed by atoms with Crippen molar-refractivity contribution in [3.05, 3.63) is 12.7 Å². The summed E-state index contributed by atoms with van der Waals surface area (Å²) in [6.45, 7) is 10.6. The lowest BCUT2D eigenvalue weighted by molar-refractivity contribution is -0.151. The fourth-order valence-corrected chi connectivity index (χ4v) is 1.67. The van der Waals surface area contributed by atoms with E-state index in [2.05, 4.69) is 18.8 Å². The first-order valence-electron chi connectivity index (χ1n) is 5.70. The fourth-order valence-electron chi connectivity index (χ4n) is 1.67. The van der Waals surface area contributed by atoms with E-state index < -0.39 is 5.54 Å². The quantitative estimate of drug-likeness (QED) is 0.496. The van der Waals surface area contributed by atoms with Crippen molar-refractivity contribution in [3.8, 4) is 0 Å². The lowest BCUT2D eigenvalue weighted by atomic mass is 9.90. The Morgan fingerprint density at radius 1 is 1.47 bits per heavy atom. The van der Waals surface area contributed by atoms with Gasteiger partial charge in [-0.15, -0.1) is 6.58 Å². The van der Waals surface area contributed by atoms with Crippen LogP contribution < -0.4 is 5.32 Å². The van der Waals surface area contributed by atoms with Crippen LogP contribution in [0, 0.1) is 0 Å². The smallest absolute Gasteiger partial charge is 0.326 e. The number of carbonyl (C=O) groups excluding carboxylic acids is 1. The topological polar surface area (TPSA) is 38.3 Å². The van der Waals surface area contributed by atoms with Gasteiger partial charge in [-0.3, -0.25) is 10.1 Å². The van der Waals surface area contributed by atoms with Crippen LogP contribution in [-0.4, -0.2) is 24.7 Å². The summed E-state index contributed by atoms with van der Waals surface area (Å²) in [6, 6.07) is 0. The molecule has 88 valence electrons. The molecular weight excluding hydrogens is 190 g/mol. The molecule has 1 N–H and O–H groups in total. The Labute approximate surface area is 92.9 Å². The molecule has 0 amide bonds. The maximum atomic E-state index is 11.9. The highest BCUT2D eigenvalue weighted by atomic mass is 16.5. The second-order valence-electron chi connectivity index (χ2n) is 3.58. The van der Waals surface area contributed by atoms with Crippen molar-refractivity contribution in [1.29, 1.82) is 0 Å². The van der Waals surface area contributed by atoms with Crippen LogP contribution in [0.5, 0.6) is 0 Å². The first-order valence-corrected chi connectivity index (χ1v) is 5.70. The van der Waals surface area contributed by atoms with E-state index >= 15 is 0 Å². The third kappa shape index (κ3) is 4.04. The molecule has 0 bridgehead atoms. The average molecular weight is 213 g/mol. The molecule has 0 spiro atoms. The molecule has 3 nitrogen and oxygen atoms in total. The van der Waals surface area contributed by atoms with E-state index in [1.165, 1.54) is 0 Å². The normalized spacial score (nSPS) is 14.3. The summed E-state index contributed by atoms with van der Waals surface area (Å²) in [7, 11) is 0. The summed E-state index contributed by atoms with van der Waals surface area (Å²) in [5.41, 5.74) is -0.529. The first-order chi connectivity index (χ1) is 7.16. The van der Waals surface area contributed by atoms with E-state index in [1.54, 1.807) is 6.08 Å². The Bertz CT molecular complexity index is 204. The van der Waals surface area contributed by atoms with E-state index in [4.69, 9.17) is 4.74 Å². The van der Waals surface area contributed by atoms with Crippen LogP contribution in [-0.2, 0) is 9.53 Å². The van der Waals surface area contributed by atoms with Crippen LogP contribution >= 0.6 is 0 Å². The summed E-state index contributed by atoms with van der Waals surface area (Å²) in [5, 5.41) is 3.23. The molecular formula is C12H23NO2. The second-order valence-corrected chi connectivity index (χ2v) is 3.58. The van der Waals surface area contributed by atoms with Gasteiger partial charge in [-0.25, -0.2) is 0 Å². The number of nitrogens with one attached hydrogen (secondary N) is 1. The van der Waals surface area contributed by atoms with Gasteiger partial charge in [0, 0.05) is 6.54 Å². The summed E-state index contributed by atoms with van der Waals surface area (Å²) in [4.78, 5) is 11.9. The molecule has 0 aliphatic rings. The highest BCUT2D eigenvalue weighted by molar-refractivity contribution is 5.80. The van der Waals surface area contributed by atoms with Crippen molar-refractivity contribution in [3.63, 3.8) is 0 Å². The largest absolute Gasteiger partial charge is 0.465 e. The summed E-state index contributed by atoms with van der Waals surface area (Å²) >= 11 is 0. The maximum Gasteiger partial charge on any atom is 0.326 e. The molecule has 0 aromatic carbocycles. The van der Waals surface area contributed by atoms with Crippen molar-refractivity contribution >= 4 is 5.97 Å². The van der Waals surface area contributed by atoms with Crippen LogP contribution in [0.2, 0.25) is 0 Å². The molecule has 0 radical (unpaired) electrons. The molecule has 0 saturated carbocycles. The molecule has 0 aromatic rings. The molecule has 1 atom stereocenters. The number of ether oxygens (including phenoxy) is 1. The van der Waals surface area contributed by atoms with E-state index in [1.807, 2.05) is 13.8 Å². The van der Waals surface area contributed by atoms with Gasteiger partial charge in [0.25, 0.3) is 0 Å². The lowest BCUT2D eigenvalue weighted by Crippen LogP contribution is -2.52. The van der Waals surface area contributed by atoms with Gasteiger partial charge in [0.1, 0.15) is 5.54 Å². The van der Waals surface area contributed by atoms with Crippen LogP contribution in [0.3, 0.4) is 0 Å². The molecule has 0 heterocycles. The van der Waals surface area contributed by atoms with Crippen molar-refractivity contribution in [2.75, 3.05) is 13.2 Å². The van der Waals surface area contributed by atoms with Gasteiger partial charge in [0.15, 0.2) is 0 Å². The van der Waals surface area contributed by atoms with Crippen LogP contribution in [0.1, 0.15) is 40.0 Å². The Morgan fingerprint density at radius 3 is 2.53 bits per heavy atom. The Hall–Kier alpha value is -0.830. The molecule has 0 aliphatic heterocycles. The van der Waals surface area contributed by atoms with Gasteiger partial charge in [0.2, 0.25) is 0 Å². The molecule has 0 aromatic heterocycles. The molecule has 0 fully saturated rings. The zero-order valence-electron chi connectivity index (χ0n) is 10.1. The predicted octanol–water partition coefficient (Wildman–Crippen LogP) is 2.27. The van der Waals surface area contributed by atoms with Crippen molar-refractivity contribution in [2.45, 2.75) is 45.6 Å². The number of carbonyl (C=O) groups is 1. The minimum atomic E-state index is -0.529. The molecule has 1 unspecified atom stereocenters. The van der Waals surface area contributed by atoms with E-state index in [0.29, 0.717) is 13.2 Å². The van der Waals surface area contributed by atoms with Gasteiger partial charge in [-0.2, -0.15) is 0 Å². The van der Waals surface area contributed by atoms with Gasteiger partial charge in [-0.1, -0.05) is 26.3 Å². The van der Waals surface area contributed by atoms with Crippen LogP contribution in [0.25, 0.3) is 0 Å². The first kappa shape index (κ1) is 14.2. The number of rotatable bonds is 8. The molecule has 0 saturated heterocycles. The zero-order chi connectivity index (χ0) is 11.7. The Morgan fingerprint density at radius 2 is 2.13 bits per heavy atom. The SMILES string of the molecule is C=CCNC(CC)(CCC)C(=O)OCC. The van der Waals surface area contributed by atoms with Gasteiger partial charge in [-0.05, 0) is 19.8 Å². The second kappa shape index (κ2) is 7.46. The standard InChI is InChI=1S/C12H23NO2/c1-5-9-12(7-3,13-10-6-2)11(14)15-8-4/h6,13H,2,5,7-10H2,1,3-4H3. The summed E-state index contributed by atoms with van der Waals surface area (Å²) in [6.07, 6.45) is 4.26. The van der Waals surface area contributed by atoms with E-state index in [9.17, 15) is 4.79 Å². The number of hydrogen-bond donors (Lipinski definition) is 1. The van der Waals surface area contributed by atoms with Crippen molar-refractivity contribution in [2.24, 2.45) is 0 Å². The Balaban J connectivity index is 4.61. The highest BCUT2D eigenvalue weighted by Gasteiger charge is 2.36. The van der Waals surface area contributed by atoms with E-state index in [-0.39, 0.29) is 5.97 Å². The molecule has 0 rings (SSSR count). The zero-order valence-corrected chi connectivity index (χ0v) is 10.1. The third-order valence-electron chi connectivity index (χ3n) is 2.53. The van der Waals surface area contributed by atoms with Gasteiger partial charge in [0.05, 0.1) is 6.61 Å². The number of hydrogen-bond acceptors (Lipinski definition) is 3. The van der Waals surface area contributed by atoms with Gasteiger partial charge >= 0.3 is 5.97 Å². The predicted molar refractivity (Wildman–Crippen MR) is 62.8 cm³/mol. The highest BCUT2D eigenvalue weighted by Crippen LogP contribution is 2.19. The van der Waals surface area contributed by atoms with Crippen molar-refractivity contribution < 1.29 is 9.53 Å². The van der Waals surface area contributed by atoms with Gasteiger partial charge < -0.3 is 4.74 Å². The monoisotopic (exact) mass is 213 g/mol. The average Bonchev–Trinajstić information content (AvgIpc) is 2.24. The minimum absolute atomic E-state index is 0.142. The number of esters is 1. The molecule has 0 aliphatic carbocycles. The molecule has 15 heavy (non-hydrogen) atoms. The van der Waals surface area contributed by atoms with Crippen molar-refractivity contribution in [1.82, 2.24) is 5.32 Å². The van der Waals surface area contributed by atoms with Crippen LogP contribution in [0.4, 0.5) is 0 Å². The van der Waals surface area contributed by atoms with Crippen LogP contribution in [0.15, 0.2) is 12.7 Å². The summed E-state index contributed by atoms with van der Waals surface area (Å²) < 4.78 is 5.11. The third-order valence-corrected chi connectivity index (χ3v) is 2.53.